The Balaban J connectivity index is 2.31. The highest BCUT2D eigenvalue weighted by atomic mass is 16.3. The molecule has 0 saturated carbocycles. The van der Waals surface area contributed by atoms with Crippen molar-refractivity contribution < 1.29 is 5.11 Å². The third-order valence-electron chi connectivity index (χ3n) is 3.02. The molecule has 0 aromatic carbocycles. The molecule has 0 aliphatic carbocycles. The molecule has 1 atom stereocenters. The Kier molecular flexibility index (Phi) is 3.37. The minimum absolute atomic E-state index is 0.107. The molecule has 1 aromatic rings. The quantitative estimate of drug-likeness (QED) is 0.811. The SMILES string of the molecule is N#Cc1cccnc1N1CCCCC1CO. The van der Waals surface area contributed by atoms with Gasteiger partial charge in [0.1, 0.15) is 11.9 Å². The lowest BCUT2D eigenvalue weighted by Gasteiger charge is -2.35. The fourth-order valence-electron chi connectivity index (χ4n) is 2.18. The Morgan fingerprint density at radius 2 is 2.44 bits per heavy atom. The van der Waals surface area contributed by atoms with Gasteiger partial charge in [-0.05, 0) is 31.4 Å². The molecule has 4 nitrogen and oxygen atoms in total. The van der Waals surface area contributed by atoms with Crippen LogP contribution in [0.3, 0.4) is 0 Å². The van der Waals surface area contributed by atoms with Gasteiger partial charge in [-0.25, -0.2) is 4.98 Å². The molecule has 1 aliphatic rings. The third kappa shape index (κ3) is 2.00. The number of hydrogen-bond acceptors (Lipinski definition) is 4. The van der Waals surface area contributed by atoms with E-state index in [9.17, 15) is 5.11 Å². The van der Waals surface area contributed by atoms with Crippen LogP contribution in [0.1, 0.15) is 24.8 Å². The van der Waals surface area contributed by atoms with Crippen LogP contribution in [0.5, 0.6) is 0 Å². The van der Waals surface area contributed by atoms with Gasteiger partial charge in [0.15, 0.2) is 0 Å². The van der Waals surface area contributed by atoms with Gasteiger partial charge in [0.25, 0.3) is 0 Å². The standard InChI is InChI=1S/C12H15N3O/c13-8-10-4-3-6-14-12(10)15-7-2-1-5-11(15)9-16/h3-4,6,11,16H,1-2,5,7,9H2. The van der Waals surface area contributed by atoms with Gasteiger partial charge >= 0.3 is 0 Å². The predicted octanol–water partition coefficient (Wildman–Crippen LogP) is 1.30. The van der Waals surface area contributed by atoms with Crippen LogP contribution in [0.25, 0.3) is 0 Å². The minimum atomic E-state index is 0.107. The molecule has 0 bridgehead atoms. The van der Waals surface area contributed by atoms with Crippen LogP contribution in [0.2, 0.25) is 0 Å². The van der Waals surface area contributed by atoms with Gasteiger partial charge in [0.2, 0.25) is 0 Å². The van der Waals surface area contributed by atoms with Crippen LogP contribution in [-0.2, 0) is 0 Å². The number of aliphatic hydroxyl groups excluding tert-OH is 1. The summed E-state index contributed by atoms with van der Waals surface area (Å²) in [4.78, 5) is 6.32. The van der Waals surface area contributed by atoms with Crippen molar-refractivity contribution in [2.24, 2.45) is 0 Å². The van der Waals surface area contributed by atoms with Gasteiger partial charge in [0, 0.05) is 12.7 Å². The normalized spacial score (nSPS) is 20.5. The van der Waals surface area contributed by atoms with E-state index in [4.69, 9.17) is 5.26 Å². The van der Waals surface area contributed by atoms with Gasteiger partial charge in [-0.2, -0.15) is 5.26 Å². The van der Waals surface area contributed by atoms with E-state index in [2.05, 4.69) is 16.0 Å². The molecule has 2 rings (SSSR count). The summed E-state index contributed by atoms with van der Waals surface area (Å²) < 4.78 is 0. The van der Waals surface area contributed by atoms with E-state index in [1.807, 2.05) is 0 Å². The molecule has 4 heteroatoms. The minimum Gasteiger partial charge on any atom is -0.394 e. The number of nitrogens with zero attached hydrogens (tertiary/aromatic N) is 3. The zero-order chi connectivity index (χ0) is 11.4. The summed E-state index contributed by atoms with van der Waals surface area (Å²) in [5, 5.41) is 18.4. The van der Waals surface area contributed by atoms with Gasteiger partial charge in [0.05, 0.1) is 18.2 Å². The van der Waals surface area contributed by atoms with Gasteiger partial charge in [-0.1, -0.05) is 0 Å². The summed E-state index contributed by atoms with van der Waals surface area (Å²) in [5.74, 6) is 0.712. The van der Waals surface area contributed by atoms with E-state index in [1.54, 1.807) is 18.3 Å². The monoisotopic (exact) mass is 217 g/mol. The van der Waals surface area contributed by atoms with Crippen LogP contribution in [0.4, 0.5) is 5.82 Å². The maximum Gasteiger partial charge on any atom is 0.146 e. The third-order valence-corrected chi connectivity index (χ3v) is 3.02. The lowest BCUT2D eigenvalue weighted by molar-refractivity contribution is 0.239. The zero-order valence-electron chi connectivity index (χ0n) is 9.13. The maximum absolute atomic E-state index is 9.33. The van der Waals surface area contributed by atoms with E-state index < -0.39 is 0 Å². The summed E-state index contributed by atoms with van der Waals surface area (Å²) in [7, 11) is 0. The van der Waals surface area contributed by atoms with E-state index >= 15 is 0 Å². The number of anilines is 1. The first-order chi connectivity index (χ1) is 7.86. The van der Waals surface area contributed by atoms with E-state index in [1.165, 1.54) is 0 Å². The molecule has 84 valence electrons. The van der Waals surface area contributed by atoms with Crippen molar-refractivity contribution in [3.63, 3.8) is 0 Å². The van der Waals surface area contributed by atoms with Gasteiger partial charge in [-0.3, -0.25) is 0 Å². The average molecular weight is 217 g/mol. The van der Waals surface area contributed by atoms with Crippen molar-refractivity contribution in [1.82, 2.24) is 4.98 Å². The second-order valence-corrected chi connectivity index (χ2v) is 4.01. The number of nitriles is 1. The summed E-state index contributed by atoms with van der Waals surface area (Å²) >= 11 is 0. The van der Waals surface area contributed by atoms with Crippen molar-refractivity contribution in [2.75, 3.05) is 18.1 Å². The van der Waals surface area contributed by atoms with Crippen molar-refractivity contribution >= 4 is 5.82 Å². The molecule has 1 aromatic heterocycles. The highest BCUT2D eigenvalue weighted by Crippen LogP contribution is 2.25. The number of aliphatic hydroxyl groups is 1. The highest BCUT2D eigenvalue weighted by Gasteiger charge is 2.24. The zero-order valence-corrected chi connectivity index (χ0v) is 9.13. The average Bonchev–Trinajstić information content (AvgIpc) is 2.38. The molecule has 2 heterocycles. The number of pyridine rings is 1. The second-order valence-electron chi connectivity index (χ2n) is 4.01. The van der Waals surface area contributed by atoms with Gasteiger partial charge < -0.3 is 10.0 Å². The van der Waals surface area contributed by atoms with Crippen LogP contribution in [-0.4, -0.2) is 29.3 Å². The summed E-state index contributed by atoms with van der Waals surface area (Å²) in [6.45, 7) is 0.998. The molecular weight excluding hydrogens is 202 g/mol. The Morgan fingerprint density at radius 3 is 3.19 bits per heavy atom. The summed E-state index contributed by atoms with van der Waals surface area (Å²) in [6.07, 6.45) is 4.89. The predicted molar refractivity (Wildman–Crippen MR) is 61.0 cm³/mol. The second kappa shape index (κ2) is 4.95. The van der Waals surface area contributed by atoms with Crippen molar-refractivity contribution in [1.29, 1.82) is 5.26 Å². The van der Waals surface area contributed by atoms with Crippen molar-refractivity contribution in [2.45, 2.75) is 25.3 Å². The smallest absolute Gasteiger partial charge is 0.146 e. The topological polar surface area (TPSA) is 60.2 Å². The Bertz CT molecular complexity index is 399. The first-order valence-corrected chi connectivity index (χ1v) is 5.59. The number of rotatable bonds is 2. The molecule has 1 unspecified atom stereocenters. The summed E-state index contributed by atoms with van der Waals surface area (Å²) in [5.41, 5.74) is 0.586. The molecule has 1 saturated heterocycles. The Labute approximate surface area is 95.1 Å². The first kappa shape index (κ1) is 10.9. The van der Waals surface area contributed by atoms with Crippen LogP contribution in [0, 0.1) is 11.3 Å². The molecule has 0 amide bonds. The molecule has 16 heavy (non-hydrogen) atoms. The fourth-order valence-corrected chi connectivity index (χ4v) is 2.18. The Hall–Kier alpha value is -1.60. The lowest BCUT2D eigenvalue weighted by Crippen LogP contribution is -2.42. The fraction of sp³-hybridized carbons (Fsp3) is 0.500. The number of piperidine rings is 1. The van der Waals surface area contributed by atoms with Crippen molar-refractivity contribution in [3.8, 4) is 6.07 Å². The molecule has 1 N–H and O–H groups in total. The molecular formula is C12H15N3O. The first-order valence-electron chi connectivity index (χ1n) is 5.59. The van der Waals surface area contributed by atoms with E-state index in [0.29, 0.717) is 11.4 Å². The molecule has 0 spiro atoms. The van der Waals surface area contributed by atoms with Gasteiger partial charge in [-0.15, -0.1) is 0 Å². The maximum atomic E-state index is 9.33. The van der Waals surface area contributed by atoms with Crippen LogP contribution < -0.4 is 4.90 Å². The van der Waals surface area contributed by atoms with E-state index in [-0.39, 0.29) is 12.6 Å². The summed E-state index contributed by atoms with van der Waals surface area (Å²) in [6, 6.07) is 5.79. The highest BCUT2D eigenvalue weighted by molar-refractivity contribution is 5.54. The lowest BCUT2D eigenvalue weighted by atomic mass is 10.0. The van der Waals surface area contributed by atoms with Crippen LogP contribution in [0.15, 0.2) is 18.3 Å². The Morgan fingerprint density at radius 1 is 1.56 bits per heavy atom. The van der Waals surface area contributed by atoms with Crippen LogP contribution >= 0.6 is 0 Å². The number of aromatic nitrogens is 1. The number of hydrogen-bond donors (Lipinski definition) is 1. The van der Waals surface area contributed by atoms with Crippen molar-refractivity contribution in [3.05, 3.63) is 23.9 Å². The molecule has 0 radical (unpaired) electrons. The molecule has 1 fully saturated rings. The molecule has 1 aliphatic heterocycles. The van der Waals surface area contributed by atoms with E-state index in [0.717, 1.165) is 25.8 Å². The largest absolute Gasteiger partial charge is 0.394 e.